The van der Waals surface area contributed by atoms with Gasteiger partial charge in [0, 0.05) is 10.9 Å². The summed E-state index contributed by atoms with van der Waals surface area (Å²) in [7, 11) is 2.03. The van der Waals surface area contributed by atoms with Crippen molar-refractivity contribution in [1.29, 1.82) is 0 Å². The zero-order valence-electron chi connectivity index (χ0n) is 10.3. The number of hydrogen-bond acceptors (Lipinski definition) is 2. The molecule has 0 spiro atoms. The number of rotatable bonds is 3. The first kappa shape index (κ1) is 12.6. The third kappa shape index (κ3) is 3.25. The third-order valence-electron chi connectivity index (χ3n) is 2.60. The molecule has 0 saturated heterocycles. The quantitative estimate of drug-likeness (QED) is 0.784. The monoisotopic (exact) mass is 223 g/mol. The maximum absolute atomic E-state index is 3.39. The largest absolute Gasteiger partial charge is 0.313 e. The molecule has 0 heterocycles. The van der Waals surface area contributed by atoms with Crippen LogP contribution in [0, 0.1) is 5.41 Å². The first-order chi connectivity index (χ1) is 6.99. The van der Waals surface area contributed by atoms with Crippen molar-refractivity contribution in [2.45, 2.75) is 31.7 Å². The Bertz CT molecular complexity index is 297. The van der Waals surface area contributed by atoms with Crippen LogP contribution >= 0.6 is 11.8 Å². The van der Waals surface area contributed by atoms with Gasteiger partial charge in [-0.25, -0.2) is 0 Å². The molecule has 84 valence electrons. The van der Waals surface area contributed by atoms with Gasteiger partial charge in [0.15, 0.2) is 0 Å². The summed E-state index contributed by atoms with van der Waals surface area (Å²) in [4.78, 5) is 1.32. The van der Waals surface area contributed by atoms with Crippen LogP contribution < -0.4 is 5.32 Å². The van der Waals surface area contributed by atoms with Gasteiger partial charge in [0.25, 0.3) is 0 Å². The minimum absolute atomic E-state index is 0.246. The predicted octanol–water partition coefficient (Wildman–Crippen LogP) is 3.72. The van der Waals surface area contributed by atoms with Crippen molar-refractivity contribution in [3.63, 3.8) is 0 Å². The average molecular weight is 223 g/mol. The summed E-state index contributed by atoms with van der Waals surface area (Å²) in [6.07, 6.45) is 2.11. The molecular weight excluding hydrogens is 202 g/mol. The molecule has 0 fully saturated rings. The molecule has 0 aromatic heterocycles. The Morgan fingerprint density at radius 3 is 2.00 bits per heavy atom. The second-order valence-corrected chi connectivity index (χ2v) is 5.74. The normalized spacial score (nSPS) is 13.9. The summed E-state index contributed by atoms with van der Waals surface area (Å²) in [5.41, 5.74) is 1.61. The van der Waals surface area contributed by atoms with E-state index in [9.17, 15) is 0 Å². The summed E-state index contributed by atoms with van der Waals surface area (Å²) >= 11 is 1.78. The SMILES string of the molecule is CNC(c1ccc(SC)cc1)C(C)(C)C. The standard InChI is InChI=1S/C13H21NS/c1-13(2,3)12(14-4)10-6-8-11(15-5)9-7-10/h6-9,12,14H,1-5H3. The fourth-order valence-corrected chi connectivity index (χ4v) is 2.30. The summed E-state index contributed by atoms with van der Waals surface area (Å²) in [6.45, 7) is 6.78. The Morgan fingerprint density at radius 1 is 1.13 bits per heavy atom. The lowest BCUT2D eigenvalue weighted by Gasteiger charge is -2.30. The van der Waals surface area contributed by atoms with Crippen molar-refractivity contribution in [2.75, 3.05) is 13.3 Å². The molecule has 0 aliphatic carbocycles. The van der Waals surface area contributed by atoms with Gasteiger partial charge in [-0.1, -0.05) is 32.9 Å². The lowest BCUT2D eigenvalue weighted by molar-refractivity contribution is 0.287. The maximum atomic E-state index is 3.39. The maximum Gasteiger partial charge on any atom is 0.0366 e. The highest BCUT2D eigenvalue weighted by Gasteiger charge is 2.24. The van der Waals surface area contributed by atoms with E-state index in [1.165, 1.54) is 10.5 Å². The molecular formula is C13H21NS. The molecule has 1 nitrogen and oxygen atoms in total. The highest BCUT2D eigenvalue weighted by atomic mass is 32.2. The van der Waals surface area contributed by atoms with Crippen LogP contribution in [0.2, 0.25) is 0 Å². The number of benzene rings is 1. The van der Waals surface area contributed by atoms with Crippen LogP contribution in [0.1, 0.15) is 32.4 Å². The van der Waals surface area contributed by atoms with Crippen LogP contribution in [0.25, 0.3) is 0 Å². The molecule has 1 aromatic rings. The summed E-state index contributed by atoms with van der Waals surface area (Å²) in [6, 6.07) is 9.23. The third-order valence-corrected chi connectivity index (χ3v) is 3.35. The highest BCUT2D eigenvalue weighted by molar-refractivity contribution is 7.98. The Labute approximate surface area is 97.7 Å². The van der Waals surface area contributed by atoms with Gasteiger partial charge in [-0.2, -0.15) is 0 Å². The zero-order valence-corrected chi connectivity index (χ0v) is 11.1. The van der Waals surface area contributed by atoms with E-state index in [1.54, 1.807) is 11.8 Å². The number of nitrogens with one attached hydrogen (secondary N) is 1. The number of hydrogen-bond donors (Lipinski definition) is 1. The summed E-state index contributed by atoms with van der Waals surface area (Å²) in [5.74, 6) is 0. The van der Waals surface area contributed by atoms with E-state index in [-0.39, 0.29) is 5.41 Å². The average Bonchev–Trinajstić information content (AvgIpc) is 2.18. The van der Waals surface area contributed by atoms with E-state index in [2.05, 4.69) is 56.6 Å². The molecule has 0 aliphatic heterocycles. The van der Waals surface area contributed by atoms with Gasteiger partial charge < -0.3 is 5.32 Å². The van der Waals surface area contributed by atoms with Crippen LogP contribution in [-0.2, 0) is 0 Å². The topological polar surface area (TPSA) is 12.0 Å². The van der Waals surface area contributed by atoms with Crippen LogP contribution in [0.4, 0.5) is 0 Å². The second-order valence-electron chi connectivity index (χ2n) is 4.86. The Morgan fingerprint density at radius 2 is 1.67 bits per heavy atom. The van der Waals surface area contributed by atoms with E-state index < -0.39 is 0 Å². The zero-order chi connectivity index (χ0) is 11.5. The van der Waals surface area contributed by atoms with Gasteiger partial charge in [-0.05, 0) is 36.4 Å². The van der Waals surface area contributed by atoms with Crippen LogP contribution in [0.3, 0.4) is 0 Å². The minimum atomic E-state index is 0.246. The van der Waals surface area contributed by atoms with Crippen LogP contribution in [0.15, 0.2) is 29.2 Å². The predicted molar refractivity (Wildman–Crippen MR) is 69.5 cm³/mol. The van der Waals surface area contributed by atoms with Crippen molar-refractivity contribution in [3.05, 3.63) is 29.8 Å². The van der Waals surface area contributed by atoms with E-state index in [0.717, 1.165) is 0 Å². The van der Waals surface area contributed by atoms with Crippen molar-refractivity contribution in [2.24, 2.45) is 5.41 Å². The fourth-order valence-electron chi connectivity index (χ4n) is 1.90. The summed E-state index contributed by atoms with van der Waals surface area (Å²) in [5, 5.41) is 3.39. The molecule has 1 atom stereocenters. The Kier molecular flexibility index (Phi) is 4.23. The minimum Gasteiger partial charge on any atom is -0.313 e. The van der Waals surface area contributed by atoms with Gasteiger partial charge in [0.05, 0.1) is 0 Å². The molecule has 1 rings (SSSR count). The van der Waals surface area contributed by atoms with Gasteiger partial charge in [-0.3, -0.25) is 0 Å². The smallest absolute Gasteiger partial charge is 0.0366 e. The first-order valence-electron chi connectivity index (χ1n) is 5.30. The van der Waals surface area contributed by atoms with Gasteiger partial charge >= 0.3 is 0 Å². The molecule has 1 aromatic carbocycles. The van der Waals surface area contributed by atoms with Gasteiger partial charge in [-0.15, -0.1) is 11.8 Å². The van der Waals surface area contributed by atoms with Crippen molar-refractivity contribution >= 4 is 11.8 Å². The number of thioether (sulfide) groups is 1. The van der Waals surface area contributed by atoms with Crippen LogP contribution in [0.5, 0.6) is 0 Å². The van der Waals surface area contributed by atoms with E-state index in [4.69, 9.17) is 0 Å². The lowest BCUT2D eigenvalue weighted by Crippen LogP contribution is -2.29. The van der Waals surface area contributed by atoms with Crippen molar-refractivity contribution in [3.8, 4) is 0 Å². The van der Waals surface area contributed by atoms with E-state index >= 15 is 0 Å². The molecule has 2 heteroatoms. The van der Waals surface area contributed by atoms with Gasteiger partial charge in [0.2, 0.25) is 0 Å². The van der Waals surface area contributed by atoms with Crippen molar-refractivity contribution < 1.29 is 0 Å². The first-order valence-corrected chi connectivity index (χ1v) is 6.52. The Hall–Kier alpha value is -0.470. The second kappa shape index (κ2) is 5.04. The van der Waals surface area contributed by atoms with Gasteiger partial charge in [0.1, 0.15) is 0 Å². The molecule has 15 heavy (non-hydrogen) atoms. The molecule has 0 amide bonds. The van der Waals surface area contributed by atoms with Crippen molar-refractivity contribution in [1.82, 2.24) is 5.32 Å². The lowest BCUT2D eigenvalue weighted by atomic mass is 9.82. The Balaban J connectivity index is 2.93. The molecule has 0 saturated carbocycles. The van der Waals surface area contributed by atoms with Crippen LogP contribution in [-0.4, -0.2) is 13.3 Å². The van der Waals surface area contributed by atoms with E-state index in [1.807, 2.05) is 7.05 Å². The molecule has 0 radical (unpaired) electrons. The fraction of sp³-hybridized carbons (Fsp3) is 0.538. The molecule has 1 unspecified atom stereocenters. The van der Waals surface area contributed by atoms with E-state index in [0.29, 0.717) is 6.04 Å². The highest BCUT2D eigenvalue weighted by Crippen LogP contribution is 2.32. The molecule has 1 N–H and O–H groups in total. The molecule has 0 bridgehead atoms. The molecule has 0 aliphatic rings. The summed E-state index contributed by atoms with van der Waals surface area (Å²) < 4.78 is 0.